The predicted octanol–water partition coefficient (Wildman–Crippen LogP) is 1.98. The van der Waals surface area contributed by atoms with Crippen molar-refractivity contribution in [2.24, 2.45) is 0 Å². The van der Waals surface area contributed by atoms with Crippen LogP contribution in [0.1, 0.15) is 26.7 Å². The van der Waals surface area contributed by atoms with Gasteiger partial charge in [-0.3, -0.25) is 4.90 Å². The Morgan fingerprint density at radius 2 is 2.31 bits per heavy atom. The highest BCUT2D eigenvalue weighted by atomic mass is 35.5. The van der Waals surface area contributed by atoms with E-state index < -0.39 is 5.60 Å². The van der Waals surface area contributed by atoms with Gasteiger partial charge >= 0.3 is 0 Å². The minimum Gasteiger partial charge on any atom is -0.390 e. The molecule has 1 aliphatic rings. The van der Waals surface area contributed by atoms with Gasteiger partial charge in [-0.25, -0.2) is 0 Å². The van der Waals surface area contributed by atoms with Gasteiger partial charge in [0.1, 0.15) is 0 Å². The SMILES string of the molecule is CC(C)(O)CCN1CCC=C(Cl)C1. The van der Waals surface area contributed by atoms with Crippen LogP contribution in [-0.4, -0.2) is 35.2 Å². The molecule has 0 atom stereocenters. The topological polar surface area (TPSA) is 23.5 Å². The highest BCUT2D eigenvalue weighted by Crippen LogP contribution is 2.15. The number of hydrogen-bond donors (Lipinski definition) is 1. The van der Waals surface area contributed by atoms with Gasteiger partial charge in [0.15, 0.2) is 0 Å². The Bertz CT molecular complexity index is 196. The van der Waals surface area contributed by atoms with Gasteiger partial charge in [-0.15, -0.1) is 0 Å². The van der Waals surface area contributed by atoms with Crippen molar-refractivity contribution in [2.75, 3.05) is 19.6 Å². The average Bonchev–Trinajstić information content (AvgIpc) is 2.00. The van der Waals surface area contributed by atoms with E-state index in [4.69, 9.17) is 11.6 Å². The van der Waals surface area contributed by atoms with Crippen LogP contribution in [0.4, 0.5) is 0 Å². The zero-order chi connectivity index (χ0) is 9.90. The molecule has 0 unspecified atom stereocenters. The fraction of sp³-hybridized carbons (Fsp3) is 0.800. The van der Waals surface area contributed by atoms with E-state index in [1.807, 2.05) is 13.8 Å². The Balaban J connectivity index is 2.27. The summed E-state index contributed by atoms with van der Waals surface area (Å²) in [6.07, 6.45) is 3.91. The lowest BCUT2D eigenvalue weighted by atomic mass is 10.1. The maximum absolute atomic E-state index is 9.54. The average molecular weight is 204 g/mol. The molecule has 0 amide bonds. The summed E-state index contributed by atoms with van der Waals surface area (Å²) in [5, 5.41) is 10.5. The molecule has 1 rings (SSSR count). The van der Waals surface area contributed by atoms with Crippen molar-refractivity contribution in [3.8, 4) is 0 Å². The van der Waals surface area contributed by atoms with Crippen LogP contribution in [0.5, 0.6) is 0 Å². The first-order valence-corrected chi connectivity index (χ1v) is 5.14. The molecule has 1 heterocycles. The molecule has 0 radical (unpaired) electrons. The summed E-state index contributed by atoms with van der Waals surface area (Å²) >= 11 is 5.92. The van der Waals surface area contributed by atoms with Gasteiger partial charge in [0.05, 0.1) is 5.60 Å². The number of hydrogen-bond acceptors (Lipinski definition) is 2. The monoisotopic (exact) mass is 203 g/mol. The maximum Gasteiger partial charge on any atom is 0.0603 e. The molecular weight excluding hydrogens is 186 g/mol. The second-order valence-corrected chi connectivity index (χ2v) is 4.76. The second-order valence-electron chi connectivity index (χ2n) is 4.28. The van der Waals surface area contributed by atoms with E-state index in [1.54, 1.807) is 0 Å². The van der Waals surface area contributed by atoms with Crippen molar-refractivity contribution >= 4 is 11.6 Å². The lowest BCUT2D eigenvalue weighted by molar-refractivity contribution is 0.0587. The molecule has 0 aromatic rings. The van der Waals surface area contributed by atoms with Gasteiger partial charge in [-0.2, -0.15) is 0 Å². The molecule has 0 aromatic carbocycles. The summed E-state index contributed by atoms with van der Waals surface area (Å²) in [6, 6.07) is 0. The molecule has 0 aliphatic carbocycles. The Morgan fingerprint density at radius 3 is 2.85 bits per heavy atom. The molecule has 3 heteroatoms. The molecule has 0 saturated heterocycles. The molecular formula is C10H18ClNO. The third-order valence-corrected chi connectivity index (χ3v) is 2.50. The van der Waals surface area contributed by atoms with Gasteiger partial charge in [-0.05, 0) is 26.7 Å². The van der Waals surface area contributed by atoms with Crippen LogP contribution < -0.4 is 0 Å². The molecule has 2 nitrogen and oxygen atoms in total. The number of rotatable bonds is 3. The summed E-state index contributed by atoms with van der Waals surface area (Å²) in [7, 11) is 0. The fourth-order valence-corrected chi connectivity index (χ4v) is 1.66. The summed E-state index contributed by atoms with van der Waals surface area (Å²) in [4.78, 5) is 2.28. The van der Waals surface area contributed by atoms with E-state index in [-0.39, 0.29) is 0 Å². The standard InChI is InChI=1S/C10H18ClNO/c1-10(2,13)5-7-12-6-3-4-9(11)8-12/h4,13H,3,5-8H2,1-2H3. The largest absolute Gasteiger partial charge is 0.390 e. The van der Waals surface area contributed by atoms with Crippen molar-refractivity contribution in [2.45, 2.75) is 32.3 Å². The van der Waals surface area contributed by atoms with E-state index in [0.29, 0.717) is 0 Å². The normalized spacial score (nSPS) is 20.2. The Labute approximate surface area is 85.2 Å². The van der Waals surface area contributed by atoms with Gasteiger partial charge < -0.3 is 5.11 Å². The molecule has 1 N–H and O–H groups in total. The molecule has 0 fully saturated rings. The van der Waals surface area contributed by atoms with Crippen LogP contribution in [0.15, 0.2) is 11.1 Å². The fourth-order valence-electron chi connectivity index (χ4n) is 1.38. The van der Waals surface area contributed by atoms with E-state index in [1.165, 1.54) is 0 Å². The smallest absolute Gasteiger partial charge is 0.0603 e. The van der Waals surface area contributed by atoms with E-state index >= 15 is 0 Å². The predicted molar refractivity (Wildman–Crippen MR) is 55.9 cm³/mol. The van der Waals surface area contributed by atoms with Crippen LogP contribution in [-0.2, 0) is 0 Å². The third kappa shape index (κ3) is 4.65. The van der Waals surface area contributed by atoms with Crippen molar-refractivity contribution in [1.82, 2.24) is 4.90 Å². The Kier molecular flexibility index (Phi) is 3.77. The van der Waals surface area contributed by atoms with Crippen LogP contribution in [0, 0.1) is 0 Å². The zero-order valence-electron chi connectivity index (χ0n) is 8.39. The lowest BCUT2D eigenvalue weighted by Crippen LogP contribution is -2.34. The highest BCUT2D eigenvalue weighted by Gasteiger charge is 2.16. The van der Waals surface area contributed by atoms with Crippen LogP contribution in [0.2, 0.25) is 0 Å². The van der Waals surface area contributed by atoms with Crippen molar-refractivity contribution in [3.05, 3.63) is 11.1 Å². The Morgan fingerprint density at radius 1 is 1.62 bits per heavy atom. The first-order chi connectivity index (χ1) is 5.97. The van der Waals surface area contributed by atoms with E-state index in [0.717, 1.165) is 37.5 Å². The van der Waals surface area contributed by atoms with Crippen molar-refractivity contribution in [3.63, 3.8) is 0 Å². The molecule has 0 spiro atoms. The first-order valence-electron chi connectivity index (χ1n) is 4.77. The molecule has 1 aliphatic heterocycles. The number of nitrogens with zero attached hydrogens (tertiary/aromatic N) is 1. The van der Waals surface area contributed by atoms with Gasteiger partial charge in [0, 0.05) is 24.7 Å². The summed E-state index contributed by atoms with van der Waals surface area (Å²) in [6.45, 7) is 6.51. The minimum atomic E-state index is -0.562. The third-order valence-electron chi connectivity index (χ3n) is 2.23. The molecule has 76 valence electrons. The van der Waals surface area contributed by atoms with E-state index in [9.17, 15) is 5.11 Å². The summed E-state index contributed by atoms with van der Waals surface area (Å²) in [5.41, 5.74) is -0.562. The Hall–Kier alpha value is -0.0500. The van der Waals surface area contributed by atoms with Crippen LogP contribution in [0.3, 0.4) is 0 Å². The quantitative estimate of drug-likeness (QED) is 0.759. The molecule has 13 heavy (non-hydrogen) atoms. The summed E-state index contributed by atoms with van der Waals surface area (Å²) < 4.78 is 0. The van der Waals surface area contributed by atoms with E-state index in [2.05, 4.69) is 11.0 Å². The number of aliphatic hydroxyl groups is 1. The number of halogens is 1. The van der Waals surface area contributed by atoms with Crippen LogP contribution >= 0.6 is 11.6 Å². The van der Waals surface area contributed by atoms with Crippen molar-refractivity contribution in [1.29, 1.82) is 0 Å². The molecule has 0 bridgehead atoms. The highest BCUT2D eigenvalue weighted by molar-refractivity contribution is 6.29. The summed E-state index contributed by atoms with van der Waals surface area (Å²) in [5.74, 6) is 0. The van der Waals surface area contributed by atoms with Crippen LogP contribution in [0.25, 0.3) is 0 Å². The van der Waals surface area contributed by atoms with Crippen molar-refractivity contribution < 1.29 is 5.11 Å². The lowest BCUT2D eigenvalue weighted by Gasteiger charge is -2.27. The molecule has 0 saturated carbocycles. The first kappa shape index (κ1) is 11.0. The van der Waals surface area contributed by atoms with Gasteiger partial charge in [0.25, 0.3) is 0 Å². The minimum absolute atomic E-state index is 0.562. The van der Waals surface area contributed by atoms with Gasteiger partial charge in [-0.1, -0.05) is 17.7 Å². The zero-order valence-corrected chi connectivity index (χ0v) is 9.14. The molecule has 0 aromatic heterocycles. The maximum atomic E-state index is 9.54. The second kappa shape index (κ2) is 4.45. The van der Waals surface area contributed by atoms with Gasteiger partial charge in [0.2, 0.25) is 0 Å².